The van der Waals surface area contributed by atoms with Gasteiger partial charge in [-0.3, -0.25) is 4.79 Å². The average molecular weight is 252 g/mol. The summed E-state index contributed by atoms with van der Waals surface area (Å²) in [4.78, 5) is 15.0. The third-order valence-electron chi connectivity index (χ3n) is 4.66. The van der Waals surface area contributed by atoms with Gasteiger partial charge in [0.25, 0.3) is 0 Å². The maximum atomic E-state index is 12.7. The minimum absolute atomic E-state index is 0.270. The first-order chi connectivity index (χ1) is 8.77. The summed E-state index contributed by atoms with van der Waals surface area (Å²) in [6.45, 7) is 6.45. The van der Waals surface area contributed by atoms with Crippen LogP contribution < -0.4 is 5.32 Å². The number of nitrogens with one attached hydrogen (secondary N) is 1. The van der Waals surface area contributed by atoms with E-state index in [1.54, 1.807) is 0 Å². The Balaban J connectivity index is 2.01. The third-order valence-corrected chi connectivity index (χ3v) is 4.66. The van der Waals surface area contributed by atoms with E-state index in [-0.39, 0.29) is 5.92 Å². The number of hydrogen-bond acceptors (Lipinski definition) is 2. The lowest BCUT2D eigenvalue weighted by Crippen LogP contribution is -2.45. The fraction of sp³-hybridized carbons (Fsp3) is 0.933. The highest BCUT2D eigenvalue weighted by atomic mass is 16.2. The molecule has 0 aromatic carbocycles. The van der Waals surface area contributed by atoms with Gasteiger partial charge in [-0.1, -0.05) is 26.7 Å². The number of nitrogens with zero attached hydrogens (tertiary/aromatic N) is 1. The van der Waals surface area contributed by atoms with E-state index in [1.807, 2.05) is 0 Å². The van der Waals surface area contributed by atoms with Gasteiger partial charge in [0.1, 0.15) is 0 Å². The van der Waals surface area contributed by atoms with E-state index in [0.717, 1.165) is 32.4 Å². The quantitative estimate of drug-likeness (QED) is 0.815. The molecule has 2 aliphatic rings. The van der Waals surface area contributed by atoms with E-state index >= 15 is 0 Å². The molecule has 2 rings (SSSR count). The van der Waals surface area contributed by atoms with Crippen LogP contribution >= 0.6 is 0 Å². The largest absolute Gasteiger partial charge is 0.335 e. The molecule has 0 aromatic heterocycles. The predicted octanol–water partition coefficient (Wildman–Crippen LogP) is 2.56. The van der Waals surface area contributed by atoms with Crippen molar-refractivity contribution in [3.63, 3.8) is 0 Å². The Kier molecular flexibility index (Phi) is 5.04. The summed E-state index contributed by atoms with van der Waals surface area (Å²) in [5.74, 6) is 0.716. The summed E-state index contributed by atoms with van der Waals surface area (Å²) in [5, 5.41) is 3.47. The van der Waals surface area contributed by atoms with Gasteiger partial charge < -0.3 is 10.2 Å². The summed E-state index contributed by atoms with van der Waals surface area (Å²) >= 11 is 0. The number of carbonyl (C=O) groups excluding carboxylic acids is 1. The molecular formula is C15H28N2O. The van der Waals surface area contributed by atoms with Crippen LogP contribution in [-0.2, 0) is 4.79 Å². The second kappa shape index (κ2) is 6.55. The van der Waals surface area contributed by atoms with Crippen LogP contribution in [-0.4, -0.2) is 36.0 Å². The van der Waals surface area contributed by atoms with Crippen molar-refractivity contribution in [2.45, 2.75) is 70.9 Å². The van der Waals surface area contributed by atoms with E-state index in [0.29, 0.717) is 18.0 Å². The van der Waals surface area contributed by atoms with Gasteiger partial charge in [0.15, 0.2) is 0 Å². The van der Waals surface area contributed by atoms with Crippen LogP contribution in [0.3, 0.4) is 0 Å². The van der Waals surface area contributed by atoms with Gasteiger partial charge in [0, 0.05) is 24.5 Å². The van der Waals surface area contributed by atoms with Crippen molar-refractivity contribution in [3.8, 4) is 0 Å². The van der Waals surface area contributed by atoms with Crippen LogP contribution in [0.5, 0.6) is 0 Å². The molecule has 1 N–H and O–H groups in total. The molecular weight excluding hydrogens is 224 g/mol. The van der Waals surface area contributed by atoms with Crippen molar-refractivity contribution in [1.29, 1.82) is 0 Å². The van der Waals surface area contributed by atoms with Gasteiger partial charge in [-0.25, -0.2) is 0 Å². The SMILES string of the molecule is CCCCC(CC)C(=O)N1C2CCNCC1CC2. The molecule has 3 unspecified atom stereocenters. The molecule has 3 nitrogen and oxygen atoms in total. The Morgan fingerprint density at radius 1 is 1.28 bits per heavy atom. The van der Waals surface area contributed by atoms with Crippen LogP contribution in [0.2, 0.25) is 0 Å². The van der Waals surface area contributed by atoms with Crippen molar-refractivity contribution in [2.75, 3.05) is 13.1 Å². The predicted molar refractivity (Wildman–Crippen MR) is 74.4 cm³/mol. The summed E-state index contributed by atoms with van der Waals surface area (Å²) < 4.78 is 0. The topological polar surface area (TPSA) is 32.3 Å². The Labute approximate surface area is 111 Å². The Hall–Kier alpha value is -0.570. The summed E-state index contributed by atoms with van der Waals surface area (Å²) in [5.41, 5.74) is 0. The molecule has 0 spiro atoms. The standard InChI is InChI=1S/C15H28N2O/c1-3-5-6-12(4-2)15(18)17-13-7-8-14(17)11-16-10-9-13/h12-14,16H,3-11H2,1-2H3. The lowest BCUT2D eigenvalue weighted by molar-refractivity contribution is -0.138. The molecule has 2 bridgehead atoms. The Bertz CT molecular complexity index is 266. The molecule has 0 saturated carbocycles. The molecule has 3 atom stereocenters. The number of amides is 1. The van der Waals surface area contributed by atoms with Gasteiger partial charge in [0.2, 0.25) is 5.91 Å². The maximum absolute atomic E-state index is 12.7. The number of rotatable bonds is 5. The molecule has 0 aliphatic carbocycles. The maximum Gasteiger partial charge on any atom is 0.226 e. The van der Waals surface area contributed by atoms with Crippen molar-refractivity contribution < 1.29 is 4.79 Å². The van der Waals surface area contributed by atoms with Crippen molar-refractivity contribution in [3.05, 3.63) is 0 Å². The molecule has 2 heterocycles. The van der Waals surface area contributed by atoms with E-state index in [2.05, 4.69) is 24.1 Å². The zero-order valence-corrected chi connectivity index (χ0v) is 12.0. The van der Waals surface area contributed by atoms with E-state index < -0.39 is 0 Å². The van der Waals surface area contributed by atoms with Gasteiger partial charge in [-0.15, -0.1) is 0 Å². The number of hydrogen-bond donors (Lipinski definition) is 1. The first-order valence-electron chi connectivity index (χ1n) is 7.80. The number of unbranched alkanes of at least 4 members (excludes halogenated alkanes) is 1. The zero-order chi connectivity index (χ0) is 13.0. The molecule has 0 radical (unpaired) electrons. The van der Waals surface area contributed by atoms with Crippen molar-refractivity contribution >= 4 is 5.91 Å². The van der Waals surface area contributed by atoms with Crippen LogP contribution in [0.25, 0.3) is 0 Å². The molecule has 18 heavy (non-hydrogen) atoms. The monoisotopic (exact) mass is 252 g/mol. The summed E-state index contributed by atoms with van der Waals surface area (Å²) in [6, 6.07) is 0.994. The number of carbonyl (C=O) groups is 1. The van der Waals surface area contributed by atoms with Gasteiger partial charge in [0.05, 0.1) is 0 Å². The second-order valence-electron chi connectivity index (χ2n) is 5.87. The lowest BCUT2D eigenvalue weighted by atomic mass is 9.97. The molecule has 2 saturated heterocycles. The third kappa shape index (κ3) is 2.87. The van der Waals surface area contributed by atoms with Gasteiger partial charge >= 0.3 is 0 Å². The molecule has 2 fully saturated rings. The highest BCUT2D eigenvalue weighted by molar-refractivity contribution is 5.79. The van der Waals surface area contributed by atoms with Gasteiger partial charge in [-0.2, -0.15) is 0 Å². The Morgan fingerprint density at radius 3 is 2.78 bits per heavy atom. The highest BCUT2D eigenvalue weighted by Crippen LogP contribution is 2.31. The molecule has 3 heteroatoms. The fourth-order valence-electron chi connectivity index (χ4n) is 3.51. The van der Waals surface area contributed by atoms with E-state index in [4.69, 9.17) is 0 Å². The van der Waals surface area contributed by atoms with Crippen LogP contribution in [0.4, 0.5) is 0 Å². The molecule has 0 aromatic rings. The lowest BCUT2D eigenvalue weighted by Gasteiger charge is -2.31. The minimum Gasteiger partial charge on any atom is -0.335 e. The summed E-state index contributed by atoms with van der Waals surface area (Å²) in [7, 11) is 0. The first kappa shape index (κ1) is 13.9. The first-order valence-corrected chi connectivity index (χ1v) is 7.80. The molecule has 2 aliphatic heterocycles. The Morgan fingerprint density at radius 2 is 2.06 bits per heavy atom. The van der Waals surface area contributed by atoms with Crippen LogP contribution in [0.1, 0.15) is 58.8 Å². The van der Waals surface area contributed by atoms with Crippen molar-refractivity contribution in [1.82, 2.24) is 10.2 Å². The highest BCUT2D eigenvalue weighted by Gasteiger charge is 2.39. The fourth-order valence-corrected chi connectivity index (χ4v) is 3.51. The normalized spacial score (nSPS) is 29.1. The van der Waals surface area contributed by atoms with E-state index in [9.17, 15) is 4.79 Å². The zero-order valence-electron chi connectivity index (χ0n) is 12.0. The number of fused-ring (bicyclic) bond motifs is 2. The smallest absolute Gasteiger partial charge is 0.226 e. The van der Waals surface area contributed by atoms with Crippen LogP contribution in [0, 0.1) is 5.92 Å². The van der Waals surface area contributed by atoms with Gasteiger partial charge in [-0.05, 0) is 38.6 Å². The summed E-state index contributed by atoms with van der Waals surface area (Å²) in [6.07, 6.45) is 8.03. The minimum atomic E-state index is 0.270. The second-order valence-corrected chi connectivity index (χ2v) is 5.87. The van der Waals surface area contributed by atoms with Crippen molar-refractivity contribution in [2.24, 2.45) is 5.92 Å². The molecule has 104 valence electrons. The van der Waals surface area contributed by atoms with E-state index in [1.165, 1.54) is 25.7 Å². The van der Waals surface area contributed by atoms with Crippen LogP contribution in [0.15, 0.2) is 0 Å². The average Bonchev–Trinajstić information content (AvgIpc) is 2.63. The molecule has 1 amide bonds.